The minimum absolute atomic E-state index is 0.323. The third kappa shape index (κ3) is 5.39. The Bertz CT molecular complexity index is 409. The maximum Gasteiger partial charge on any atom is 0.327 e. The van der Waals surface area contributed by atoms with Crippen LogP contribution >= 0.6 is 0 Å². The molecule has 0 saturated carbocycles. The van der Waals surface area contributed by atoms with Crippen molar-refractivity contribution in [2.75, 3.05) is 19.7 Å². The molecule has 1 rings (SSSR count). The molecule has 1 atom stereocenters. The van der Waals surface area contributed by atoms with Gasteiger partial charge in [-0.25, -0.2) is 9.59 Å². The van der Waals surface area contributed by atoms with E-state index in [1.807, 2.05) is 30.3 Å². The van der Waals surface area contributed by atoms with Gasteiger partial charge in [0.25, 0.3) is 0 Å². The molecular formula is C13H19N3O3. The van der Waals surface area contributed by atoms with Gasteiger partial charge in [-0.2, -0.15) is 0 Å². The van der Waals surface area contributed by atoms with Crippen molar-refractivity contribution in [3.05, 3.63) is 35.9 Å². The number of carbonyl (C=O) groups excluding carboxylic acids is 2. The number of esters is 1. The lowest BCUT2D eigenvalue weighted by Crippen LogP contribution is -2.38. The van der Waals surface area contributed by atoms with Crippen LogP contribution in [-0.2, 0) is 9.53 Å². The van der Waals surface area contributed by atoms with E-state index < -0.39 is 12.1 Å². The summed E-state index contributed by atoms with van der Waals surface area (Å²) in [5.74, 6) is -0.340. The number of carbonyl (C=O) groups is 2. The first-order valence-electron chi connectivity index (χ1n) is 6.13. The first-order chi connectivity index (χ1) is 9.15. The molecular weight excluding hydrogens is 246 g/mol. The van der Waals surface area contributed by atoms with Gasteiger partial charge in [-0.05, 0) is 12.5 Å². The van der Waals surface area contributed by atoms with Crippen LogP contribution in [0.3, 0.4) is 0 Å². The topological polar surface area (TPSA) is 93.4 Å². The summed E-state index contributed by atoms with van der Waals surface area (Å²) >= 11 is 0. The molecule has 4 N–H and O–H groups in total. The Morgan fingerprint density at radius 3 is 2.53 bits per heavy atom. The predicted octanol–water partition coefficient (Wildman–Crippen LogP) is 0.549. The number of primary amides is 1. The highest BCUT2D eigenvalue weighted by Crippen LogP contribution is 2.13. The number of nitrogens with one attached hydrogen (secondary N) is 2. The van der Waals surface area contributed by atoms with Crippen LogP contribution in [0, 0.1) is 0 Å². The molecule has 6 nitrogen and oxygen atoms in total. The first-order valence-corrected chi connectivity index (χ1v) is 6.13. The fourth-order valence-electron chi connectivity index (χ4n) is 1.61. The Balaban J connectivity index is 2.60. The average Bonchev–Trinajstić information content (AvgIpc) is 2.39. The Labute approximate surface area is 112 Å². The second kappa shape index (κ2) is 8.10. The quantitative estimate of drug-likeness (QED) is 0.495. The molecule has 0 aliphatic heterocycles. The van der Waals surface area contributed by atoms with Gasteiger partial charge in [0, 0.05) is 13.1 Å². The number of benzene rings is 1. The lowest BCUT2D eigenvalue weighted by Gasteiger charge is -2.17. The monoisotopic (exact) mass is 265 g/mol. The van der Waals surface area contributed by atoms with Crippen LogP contribution in [0.15, 0.2) is 30.3 Å². The van der Waals surface area contributed by atoms with E-state index in [0.717, 1.165) is 5.56 Å². The summed E-state index contributed by atoms with van der Waals surface area (Å²) in [4.78, 5) is 22.4. The number of rotatable bonds is 7. The lowest BCUT2D eigenvalue weighted by atomic mass is 10.1. The van der Waals surface area contributed by atoms with Gasteiger partial charge in [0.1, 0.15) is 6.04 Å². The summed E-state index contributed by atoms with van der Waals surface area (Å²) < 4.78 is 5.02. The molecule has 1 unspecified atom stereocenters. The van der Waals surface area contributed by atoms with Crippen LogP contribution < -0.4 is 16.4 Å². The van der Waals surface area contributed by atoms with Crippen molar-refractivity contribution in [1.82, 2.24) is 10.6 Å². The number of ether oxygens (including phenoxy) is 1. The van der Waals surface area contributed by atoms with Gasteiger partial charge in [0.05, 0.1) is 6.61 Å². The molecule has 0 aliphatic carbocycles. The molecule has 0 saturated heterocycles. The Kier molecular flexibility index (Phi) is 6.38. The standard InChI is InChI=1S/C13H19N3O3/c1-2-19-12(17)11(10-6-4-3-5-7-10)15-8-9-16-13(14)18/h3-7,11,15H,2,8-9H2,1H3,(H3,14,16,18). The van der Waals surface area contributed by atoms with Crippen molar-refractivity contribution in [2.45, 2.75) is 13.0 Å². The van der Waals surface area contributed by atoms with Crippen LogP contribution in [0.5, 0.6) is 0 Å². The number of hydrogen-bond donors (Lipinski definition) is 3. The zero-order valence-electron chi connectivity index (χ0n) is 10.9. The molecule has 1 aromatic carbocycles. The summed E-state index contributed by atoms with van der Waals surface area (Å²) in [6.07, 6.45) is 0. The second-order valence-corrected chi connectivity index (χ2v) is 3.84. The highest BCUT2D eigenvalue weighted by molar-refractivity contribution is 5.77. The van der Waals surface area contributed by atoms with E-state index in [-0.39, 0.29) is 5.97 Å². The van der Waals surface area contributed by atoms with Gasteiger partial charge in [-0.3, -0.25) is 5.32 Å². The molecule has 19 heavy (non-hydrogen) atoms. The van der Waals surface area contributed by atoms with E-state index in [9.17, 15) is 9.59 Å². The predicted molar refractivity (Wildman–Crippen MR) is 71.4 cm³/mol. The first kappa shape index (κ1) is 15.0. The minimum atomic E-state index is -0.589. The zero-order chi connectivity index (χ0) is 14.1. The van der Waals surface area contributed by atoms with E-state index >= 15 is 0 Å². The van der Waals surface area contributed by atoms with Gasteiger partial charge in [0.2, 0.25) is 0 Å². The molecule has 104 valence electrons. The third-order valence-corrected chi connectivity index (χ3v) is 2.43. The van der Waals surface area contributed by atoms with Crippen LogP contribution in [0.2, 0.25) is 0 Å². The van der Waals surface area contributed by atoms with Gasteiger partial charge in [0.15, 0.2) is 0 Å². The van der Waals surface area contributed by atoms with Crippen molar-refractivity contribution in [3.8, 4) is 0 Å². The Hall–Kier alpha value is -2.08. The summed E-state index contributed by atoms with van der Waals surface area (Å²) in [5.41, 5.74) is 5.78. The van der Waals surface area contributed by atoms with E-state index in [2.05, 4.69) is 10.6 Å². The van der Waals surface area contributed by atoms with Crippen molar-refractivity contribution < 1.29 is 14.3 Å². The molecule has 1 aromatic rings. The summed E-state index contributed by atoms with van der Waals surface area (Å²) in [5, 5.41) is 5.48. The number of hydrogen-bond acceptors (Lipinski definition) is 4. The average molecular weight is 265 g/mol. The van der Waals surface area contributed by atoms with E-state index in [0.29, 0.717) is 19.7 Å². The molecule has 0 radical (unpaired) electrons. The zero-order valence-corrected chi connectivity index (χ0v) is 10.9. The molecule has 2 amide bonds. The van der Waals surface area contributed by atoms with E-state index in [1.165, 1.54) is 0 Å². The molecule has 0 fully saturated rings. The third-order valence-electron chi connectivity index (χ3n) is 2.43. The smallest absolute Gasteiger partial charge is 0.327 e. The SMILES string of the molecule is CCOC(=O)C(NCCNC(N)=O)c1ccccc1. The van der Waals surface area contributed by atoms with E-state index in [1.54, 1.807) is 6.92 Å². The van der Waals surface area contributed by atoms with Crippen molar-refractivity contribution in [1.29, 1.82) is 0 Å². The molecule has 0 bridgehead atoms. The van der Waals surface area contributed by atoms with Crippen molar-refractivity contribution >= 4 is 12.0 Å². The number of urea groups is 1. The van der Waals surface area contributed by atoms with Gasteiger partial charge >= 0.3 is 12.0 Å². The van der Waals surface area contributed by atoms with Gasteiger partial charge < -0.3 is 15.8 Å². The highest BCUT2D eigenvalue weighted by Gasteiger charge is 2.20. The molecule has 0 spiro atoms. The van der Waals surface area contributed by atoms with Crippen molar-refractivity contribution in [2.24, 2.45) is 5.73 Å². The van der Waals surface area contributed by atoms with Crippen LogP contribution in [-0.4, -0.2) is 31.7 Å². The molecule has 0 heterocycles. The lowest BCUT2D eigenvalue weighted by molar-refractivity contribution is -0.145. The largest absolute Gasteiger partial charge is 0.465 e. The normalized spacial score (nSPS) is 11.6. The molecule has 6 heteroatoms. The van der Waals surface area contributed by atoms with E-state index in [4.69, 9.17) is 10.5 Å². The van der Waals surface area contributed by atoms with Crippen LogP contribution in [0.4, 0.5) is 4.79 Å². The van der Waals surface area contributed by atoms with Gasteiger partial charge in [-0.15, -0.1) is 0 Å². The maximum absolute atomic E-state index is 11.9. The highest BCUT2D eigenvalue weighted by atomic mass is 16.5. The molecule has 0 aromatic heterocycles. The maximum atomic E-state index is 11.9. The van der Waals surface area contributed by atoms with Crippen molar-refractivity contribution in [3.63, 3.8) is 0 Å². The Morgan fingerprint density at radius 1 is 1.26 bits per heavy atom. The summed E-state index contributed by atoms with van der Waals surface area (Å²) in [6.45, 7) is 2.84. The van der Waals surface area contributed by atoms with Crippen LogP contribution in [0.1, 0.15) is 18.5 Å². The molecule has 0 aliphatic rings. The summed E-state index contributed by atoms with van der Waals surface area (Å²) in [7, 11) is 0. The number of nitrogens with two attached hydrogens (primary N) is 1. The van der Waals surface area contributed by atoms with Gasteiger partial charge in [-0.1, -0.05) is 30.3 Å². The summed E-state index contributed by atoms with van der Waals surface area (Å²) in [6, 6.07) is 8.13. The number of amides is 2. The van der Waals surface area contributed by atoms with Crippen LogP contribution in [0.25, 0.3) is 0 Å². The minimum Gasteiger partial charge on any atom is -0.465 e. The Morgan fingerprint density at radius 2 is 1.95 bits per heavy atom. The fourth-order valence-corrected chi connectivity index (χ4v) is 1.61. The second-order valence-electron chi connectivity index (χ2n) is 3.84. The fraction of sp³-hybridized carbons (Fsp3) is 0.385.